The van der Waals surface area contributed by atoms with Gasteiger partial charge in [0, 0.05) is 43.6 Å². The third kappa shape index (κ3) is 14.5. The van der Waals surface area contributed by atoms with E-state index in [9.17, 15) is 22.4 Å². The lowest BCUT2D eigenvalue weighted by atomic mass is 9.93. The van der Waals surface area contributed by atoms with E-state index in [-0.39, 0.29) is 77.5 Å². The number of rotatable bonds is 22. The molecular formula is C46H50BrClFN11O8S. The molecule has 3 aromatic carbocycles. The average Bonchev–Trinajstić information content (AvgIpc) is 3.34. The summed E-state index contributed by atoms with van der Waals surface area (Å²) in [7, 11) is -3.82. The molecule has 0 bridgehead atoms. The van der Waals surface area contributed by atoms with Crippen LogP contribution in [0.1, 0.15) is 64.9 Å². The minimum absolute atomic E-state index is 0.00333. The number of nitrogens with one attached hydrogen (secondary N) is 4. The first kappa shape index (κ1) is 50.8. The van der Waals surface area contributed by atoms with Crippen LogP contribution in [0.25, 0.3) is 0 Å². The van der Waals surface area contributed by atoms with Crippen molar-refractivity contribution in [1.82, 2.24) is 30.2 Å². The molecule has 1 saturated carbocycles. The van der Waals surface area contributed by atoms with Crippen LogP contribution in [-0.2, 0) is 24.2 Å². The van der Waals surface area contributed by atoms with Gasteiger partial charge in [-0.25, -0.2) is 22.5 Å². The first-order valence-corrected chi connectivity index (χ1v) is 24.8. The van der Waals surface area contributed by atoms with Crippen LogP contribution in [0, 0.1) is 17.1 Å². The number of benzene rings is 3. The fourth-order valence-corrected chi connectivity index (χ4v) is 9.11. The van der Waals surface area contributed by atoms with Gasteiger partial charge in [-0.05, 0) is 115 Å². The first-order valence-electron chi connectivity index (χ1n) is 22.1. The number of halogens is 3. The third-order valence-electron chi connectivity index (χ3n) is 11.2. The minimum Gasteiger partial charge on any atom is -0.490 e. The van der Waals surface area contributed by atoms with Crippen LogP contribution in [0.15, 0.2) is 88.4 Å². The van der Waals surface area contributed by atoms with Crippen molar-refractivity contribution in [3.8, 4) is 11.8 Å². The number of amides is 2. The van der Waals surface area contributed by atoms with Crippen molar-refractivity contribution in [1.29, 1.82) is 5.26 Å². The summed E-state index contributed by atoms with van der Waals surface area (Å²) in [6.07, 6.45) is 6.21. The average molecular weight is 1050 g/mol. The number of nitriles is 1. The van der Waals surface area contributed by atoms with Crippen molar-refractivity contribution >= 4 is 78.3 Å². The summed E-state index contributed by atoms with van der Waals surface area (Å²) in [4.78, 5) is 35.5. The van der Waals surface area contributed by atoms with Gasteiger partial charge in [0.05, 0.1) is 76.4 Å². The number of primary amides is 1. The van der Waals surface area contributed by atoms with Crippen LogP contribution in [0.5, 0.6) is 5.75 Å². The number of anilines is 5. The van der Waals surface area contributed by atoms with Gasteiger partial charge >= 0.3 is 0 Å². The molecule has 1 aliphatic carbocycles. The monoisotopic (exact) mass is 1050 g/mol. The zero-order valence-electron chi connectivity index (χ0n) is 37.2. The number of nitrogens with zero attached hydrogens (tertiary/aromatic N) is 6. The number of ether oxygens (including phenoxy) is 4. The molecule has 0 radical (unpaired) electrons. The summed E-state index contributed by atoms with van der Waals surface area (Å²) in [5.74, 6) is -0.278. The SMILES string of the molecule is N#Cc1ccc(OC2CCC(NC(=O)c3ccc(N4CCC(OCCOCCOCCNS(=O)(=O)c5ccc(Nc6ncc(Br)c(Nc7cccc(F)c7C(N)=O)n6)cc5)CC4)nn3)CC2)cc1Cl. The molecule has 1 aliphatic heterocycles. The summed E-state index contributed by atoms with van der Waals surface area (Å²) in [5, 5.41) is 26.9. The second-order valence-corrected chi connectivity index (χ2v) is 19.0. The number of hydrogen-bond donors (Lipinski definition) is 5. The van der Waals surface area contributed by atoms with E-state index in [1.165, 1.54) is 30.5 Å². The highest BCUT2D eigenvalue weighted by Crippen LogP contribution is 2.30. The Morgan fingerprint density at radius 3 is 2.33 bits per heavy atom. The molecule has 0 unspecified atom stereocenters. The fourth-order valence-electron chi connectivity index (χ4n) is 7.60. The van der Waals surface area contributed by atoms with Gasteiger partial charge in [0.2, 0.25) is 16.0 Å². The van der Waals surface area contributed by atoms with Gasteiger partial charge in [-0.15, -0.1) is 10.2 Å². The molecule has 23 heteroatoms. The van der Waals surface area contributed by atoms with E-state index in [0.717, 1.165) is 57.7 Å². The summed E-state index contributed by atoms with van der Waals surface area (Å²) >= 11 is 9.47. The van der Waals surface area contributed by atoms with E-state index in [1.54, 1.807) is 36.4 Å². The van der Waals surface area contributed by atoms with Crippen LogP contribution in [0.2, 0.25) is 5.02 Å². The highest BCUT2D eigenvalue weighted by atomic mass is 79.9. The number of carbonyl (C=O) groups excluding carboxylic acids is 2. The van der Waals surface area contributed by atoms with Crippen LogP contribution < -0.4 is 36.0 Å². The van der Waals surface area contributed by atoms with E-state index >= 15 is 0 Å². The Labute approximate surface area is 411 Å². The predicted molar refractivity (Wildman–Crippen MR) is 258 cm³/mol. The van der Waals surface area contributed by atoms with Gasteiger partial charge in [0.1, 0.15) is 23.5 Å². The van der Waals surface area contributed by atoms with E-state index in [1.807, 2.05) is 12.1 Å². The van der Waals surface area contributed by atoms with Crippen molar-refractivity contribution in [2.24, 2.45) is 5.73 Å². The minimum atomic E-state index is -3.82. The van der Waals surface area contributed by atoms with E-state index in [2.05, 4.69) is 61.7 Å². The normalized spacial score (nSPS) is 16.3. The van der Waals surface area contributed by atoms with Crippen molar-refractivity contribution in [3.63, 3.8) is 0 Å². The molecule has 2 amide bonds. The molecular weight excluding hydrogens is 1000 g/mol. The molecule has 6 N–H and O–H groups in total. The molecule has 5 aromatic rings. The largest absolute Gasteiger partial charge is 0.490 e. The van der Waals surface area contributed by atoms with Crippen molar-refractivity contribution in [3.05, 3.63) is 111 Å². The molecule has 2 aromatic heterocycles. The Kier molecular flexibility index (Phi) is 18.0. The van der Waals surface area contributed by atoms with Crippen molar-refractivity contribution in [2.75, 3.05) is 68.2 Å². The zero-order chi connectivity index (χ0) is 48.8. The summed E-state index contributed by atoms with van der Waals surface area (Å²) < 4.78 is 66.2. The topological polar surface area (TPSA) is 258 Å². The number of sulfonamides is 1. The van der Waals surface area contributed by atoms with E-state index in [4.69, 9.17) is 41.5 Å². The zero-order valence-corrected chi connectivity index (χ0v) is 40.4. The maximum atomic E-state index is 14.2. The number of piperidine rings is 1. The van der Waals surface area contributed by atoms with E-state index in [0.29, 0.717) is 52.1 Å². The van der Waals surface area contributed by atoms with Gasteiger partial charge < -0.3 is 45.5 Å². The Balaban J connectivity index is 0.716. The molecule has 2 fully saturated rings. The maximum Gasteiger partial charge on any atom is 0.272 e. The molecule has 7 rings (SSSR count). The van der Waals surface area contributed by atoms with Crippen LogP contribution >= 0.6 is 27.5 Å². The summed E-state index contributed by atoms with van der Waals surface area (Å²) in [6, 6.07) is 20.6. The predicted octanol–water partition coefficient (Wildman–Crippen LogP) is 6.40. The molecule has 69 heavy (non-hydrogen) atoms. The van der Waals surface area contributed by atoms with Gasteiger partial charge in [-0.2, -0.15) is 10.2 Å². The Morgan fingerprint density at radius 2 is 1.64 bits per heavy atom. The number of aromatic nitrogens is 4. The molecule has 0 atom stereocenters. The third-order valence-corrected chi connectivity index (χ3v) is 13.6. The molecule has 19 nitrogen and oxygen atoms in total. The van der Waals surface area contributed by atoms with Crippen LogP contribution in [0.4, 0.5) is 33.3 Å². The number of carbonyl (C=O) groups is 2. The Morgan fingerprint density at radius 1 is 0.899 bits per heavy atom. The maximum absolute atomic E-state index is 14.2. The second kappa shape index (κ2) is 24.5. The highest BCUT2D eigenvalue weighted by molar-refractivity contribution is 9.10. The lowest BCUT2D eigenvalue weighted by Gasteiger charge is -2.32. The number of nitrogens with two attached hydrogens (primary N) is 1. The molecule has 0 spiro atoms. The summed E-state index contributed by atoms with van der Waals surface area (Å²) in [6.45, 7) is 3.07. The molecule has 2 aliphatic rings. The Hall–Kier alpha value is -6.06. The second-order valence-electron chi connectivity index (χ2n) is 16.0. The molecule has 3 heterocycles. The molecule has 1 saturated heterocycles. The first-order chi connectivity index (χ1) is 33.3. The molecule has 364 valence electrons. The standard InChI is InChI=1S/C46H50BrClFN11O8S/c47-36-28-52-46(57-44(36)56-39-3-1-2-38(49)42(39)43(51)61)55-31-7-12-35(13-8-31)69(63,64)53-18-21-65-22-23-66-24-25-67-32-16-19-60(20-17-32)41-15-14-40(58-59-41)45(62)54-30-5-10-33(11-6-30)68-34-9-4-29(27-50)37(48)26-34/h1-4,7-9,12-15,26,28,30,32-33,53H,5-6,10-11,16-25H2,(H2,51,61)(H,54,62)(H2,52,55,56,57). The smallest absolute Gasteiger partial charge is 0.272 e. The van der Waals surface area contributed by atoms with Gasteiger partial charge in [0.15, 0.2) is 11.5 Å². The Bertz CT molecular complexity index is 2710. The van der Waals surface area contributed by atoms with Crippen molar-refractivity contribution < 1.29 is 41.3 Å². The lowest BCUT2D eigenvalue weighted by molar-refractivity contribution is -0.0175. The van der Waals surface area contributed by atoms with Gasteiger partial charge in [-0.3, -0.25) is 9.59 Å². The van der Waals surface area contributed by atoms with Crippen LogP contribution in [0.3, 0.4) is 0 Å². The van der Waals surface area contributed by atoms with E-state index < -0.39 is 21.7 Å². The summed E-state index contributed by atoms with van der Waals surface area (Å²) in [5.41, 5.74) is 6.33. The highest BCUT2D eigenvalue weighted by Gasteiger charge is 2.26. The van der Waals surface area contributed by atoms with Crippen LogP contribution in [-0.4, -0.2) is 111 Å². The van der Waals surface area contributed by atoms with Crippen molar-refractivity contribution in [2.45, 2.75) is 61.7 Å². The quantitative estimate of drug-likeness (QED) is 0.0470. The van der Waals surface area contributed by atoms with Gasteiger partial charge in [-0.1, -0.05) is 17.7 Å². The van der Waals surface area contributed by atoms with Gasteiger partial charge in [0.25, 0.3) is 11.8 Å². The number of hydrogen-bond acceptors (Lipinski definition) is 16. The fraction of sp³-hybridized carbons (Fsp3) is 0.370. The lowest BCUT2D eigenvalue weighted by Crippen LogP contribution is -2.40.